The second-order valence-corrected chi connectivity index (χ2v) is 6.21. The van der Waals surface area contributed by atoms with Crippen LogP contribution in [-0.2, 0) is 16.1 Å². The Kier molecular flexibility index (Phi) is 3.47. The van der Waals surface area contributed by atoms with Gasteiger partial charge in [-0.3, -0.25) is 9.59 Å². The Hall–Kier alpha value is -1.85. The van der Waals surface area contributed by atoms with Crippen LogP contribution in [0.1, 0.15) is 38.3 Å². The van der Waals surface area contributed by atoms with Gasteiger partial charge in [0.15, 0.2) is 0 Å². The topological polar surface area (TPSA) is 66.7 Å². The number of carbonyl (C=O) groups is 2. The number of aryl methyl sites for hydroxylation is 1. The summed E-state index contributed by atoms with van der Waals surface area (Å²) >= 11 is 0. The Morgan fingerprint density at radius 3 is 2.76 bits per heavy atom. The number of oxazole rings is 1. The molecule has 0 spiro atoms. The first-order valence-corrected chi connectivity index (χ1v) is 7.51. The predicted octanol–water partition coefficient (Wildman–Crippen LogP) is 1.34. The maximum atomic E-state index is 12.7. The molecule has 3 heterocycles. The van der Waals surface area contributed by atoms with Crippen molar-refractivity contribution in [3.05, 3.63) is 17.8 Å². The third-order valence-corrected chi connectivity index (χ3v) is 4.30. The van der Waals surface area contributed by atoms with Crippen molar-refractivity contribution in [3.63, 3.8) is 0 Å². The van der Waals surface area contributed by atoms with E-state index < -0.39 is 6.04 Å². The van der Waals surface area contributed by atoms with Gasteiger partial charge in [0.25, 0.3) is 0 Å². The van der Waals surface area contributed by atoms with E-state index in [0.29, 0.717) is 18.2 Å². The van der Waals surface area contributed by atoms with Crippen molar-refractivity contribution in [2.45, 2.75) is 52.2 Å². The van der Waals surface area contributed by atoms with Gasteiger partial charge in [-0.1, -0.05) is 13.8 Å². The van der Waals surface area contributed by atoms with Crippen molar-refractivity contribution in [1.82, 2.24) is 14.8 Å². The molecular weight excluding hydrogens is 270 g/mol. The third kappa shape index (κ3) is 2.32. The van der Waals surface area contributed by atoms with E-state index in [-0.39, 0.29) is 30.3 Å². The van der Waals surface area contributed by atoms with Gasteiger partial charge in [-0.15, -0.1) is 0 Å². The highest BCUT2D eigenvalue weighted by Crippen LogP contribution is 2.30. The van der Waals surface area contributed by atoms with E-state index in [1.807, 2.05) is 20.8 Å². The van der Waals surface area contributed by atoms with E-state index in [9.17, 15) is 9.59 Å². The van der Waals surface area contributed by atoms with E-state index >= 15 is 0 Å². The fraction of sp³-hybridized carbons (Fsp3) is 0.667. The number of piperazine rings is 1. The minimum atomic E-state index is -0.418. The summed E-state index contributed by atoms with van der Waals surface area (Å²) in [6.07, 6.45) is 3.30. The smallest absolute Gasteiger partial charge is 0.246 e. The molecule has 0 N–H and O–H groups in total. The van der Waals surface area contributed by atoms with Crippen LogP contribution in [0.15, 0.2) is 10.6 Å². The lowest BCUT2D eigenvalue weighted by Gasteiger charge is -2.43. The third-order valence-electron chi connectivity index (χ3n) is 4.30. The molecule has 114 valence electrons. The molecule has 6 nitrogen and oxygen atoms in total. The summed E-state index contributed by atoms with van der Waals surface area (Å²) in [5.74, 6) is 1.37. The second kappa shape index (κ2) is 5.16. The standard InChI is InChI=1S/C15H21N3O3/c1-9(2)13-15(20)17-6-4-5-11(17)14(19)18(13)8-12-16-7-10(3)21-12/h7,9,11,13H,4-6,8H2,1-3H3. The average Bonchev–Trinajstić information content (AvgIpc) is 3.04. The van der Waals surface area contributed by atoms with Gasteiger partial charge in [-0.2, -0.15) is 0 Å². The molecule has 0 saturated carbocycles. The lowest BCUT2D eigenvalue weighted by Crippen LogP contribution is -2.63. The van der Waals surface area contributed by atoms with Gasteiger partial charge in [0.05, 0.1) is 12.7 Å². The van der Waals surface area contributed by atoms with Crippen LogP contribution in [0, 0.1) is 12.8 Å². The maximum absolute atomic E-state index is 12.7. The first-order chi connectivity index (χ1) is 9.99. The fourth-order valence-corrected chi connectivity index (χ4v) is 3.36. The summed E-state index contributed by atoms with van der Waals surface area (Å²) in [4.78, 5) is 33.0. The van der Waals surface area contributed by atoms with Crippen molar-refractivity contribution in [3.8, 4) is 0 Å². The summed E-state index contributed by atoms with van der Waals surface area (Å²) in [5.41, 5.74) is 0. The van der Waals surface area contributed by atoms with Crippen LogP contribution in [0.25, 0.3) is 0 Å². The zero-order chi connectivity index (χ0) is 15.1. The summed E-state index contributed by atoms with van der Waals surface area (Å²) in [6, 6.07) is -0.706. The Morgan fingerprint density at radius 2 is 2.14 bits per heavy atom. The quantitative estimate of drug-likeness (QED) is 0.843. The fourth-order valence-electron chi connectivity index (χ4n) is 3.36. The minimum Gasteiger partial charge on any atom is -0.444 e. The molecule has 2 atom stereocenters. The van der Waals surface area contributed by atoms with Crippen LogP contribution in [0.5, 0.6) is 0 Å². The summed E-state index contributed by atoms with van der Waals surface area (Å²) < 4.78 is 5.48. The summed E-state index contributed by atoms with van der Waals surface area (Å²) in [6.45, 7) is 6.73. The number of amides is 2. The van der Waals surface area contributed by atoms with Gasteiger partial charge in [0.1, 0.15) is 17.8 Å². The van der Waals surface area contributed by atoms with Crippen LogP contribution in [0.4, 0.5) is 0 Å². The molecule has 0 radical (unpaired) electrons. The zero-order valence-corrected chi connectivity index (χ0v) is 12.7. The highest BCUT2D eigenvalue weighted by atomic mass is 16.4. The first-order valence-electron chi connectivity index (χ1n) is 7.51. The molecule has 0 aliphatic carbocycles. The molecule has 1 aromatic heterocycles. The number of nitrogens with zero attached hydrogens (tertiary/aromatic N) is 3. The number of fused-ring (bicyclic) bond motifs is 1. The Bertz CT molecular complexity index is 566. The van der Waals surface area contributed by atoms with E-state index in [1.165, 1.54) is 0 Å². The van der Waals surface area contributed by atoms with Crippen LogP contribution < -0.4 is 0 Å². The van der Waals surface area contributed by atoms with Crippen molar-refractivity contribution in [1.29, 1.82) is 0 Å². The Balaban J connectivity index is 1.90. The predicted molar refractivity (Wildman–Crippen MR) is 75.2 cm³/mol. The van der Waals surface area contributed by atoms with Crippen LogP contribution in [0.2, 0.25) is 0 Å². The number of carbonyl (C=O) groups excluding carboxylic acids is 2. The summed E-state index contributed by atoms with van der Waals surface area (Å²) in [5, 5.41) is 0. The molecule has 0 aromatic carbocycles. The largest absolute Gasteiger partial charge is 0.444 e. The van der Waals surface area contributed by atoms with Crippen molar-refractivity contribution < 1.29 is 14.0 Å². The van der Waals surface area contributed by atoms with Gasteiger partial charge in [-0.25, -0.2) is 4.98 Å². The molecule has 21 heavy (non-hydrogen) atoms. The van der Waals surface area contributed by atoms with Crippen molar-refractivity contribution >= 4 is 11.8 Å². The van der Waals surface area contributed by atoms with E-state index in [2.05, 4.69) is 4.98 Å². The van der Waals surface area contributed by atoms with E-state index in [0.717, 1.165) is 12.8 Å². The monoisotopic (exact) mass is 291 g/mol. The van der Waals surface area contributed by atoms with Gasteiger partial charge in [-0.05, 0) is 25.7 Å². The summed E-state index contributed by atoms with van der Waals surface area (Å²) in [7, 11) is 0. The van der Waals surface area contributed by atoms with Gasteiger partial charge in [0, 0.05) is 6.54 Å². The first kappa shape index (κ1) is 14.1. The highest BCUT2D eigenvalue weighted by Gasteiger charge is 2.48. The molecular formula is C15H21N3O3. The van der Waals surface area contributed by atoms with Crippen LogP contribution in [0.3, 0.4) is 0 Å². The van der Waals surface area contributed by atoms with E-state index in [1.54, 1.807) is 16.0 Å². The molecule has 1 aromatic rings. The molecule has 3 rings (SSSR count). The van der Waals surface area contributed by atoms with Crippen molar-refractivity contribution in [2.75, 3.05) is 6.54 Å². The minimum absolute atomic E-state index is 0.0293. The molecule has 0 bridgehead atoms. The lowest BCUT2D eigenvalue weighted by atomic mass is 9.96. The lowest BCUT2D eigenvalue weighted by molar-refractivity contribution is -0.162. The normalized spacial score (nSPS) is 25.9. The second-order valence-electron chi connectivity index (χ2n) is 6.21. The number of hydrogen-bond donors (Lipinski definition) is 0. The van der Waals surface area contributed by atoms with Gasteiger partial charge >= 0.3 is 0 Å². The Labute approximate surface area is 124 Å². The van der Waals surface area contributed by atoms with E-state index in [4.69, 9.17) is 4.42 Å². The average molecular weight is 291 g/mol. The zero-order valence-electron chi connectivity index (χ0n) is 12.7. The molecule has 2 unspecified atom stereocenters. The molecule has 6 heteroatoms. The van der Waals surface area contributed by atoms with Crippen LogP contribution in [-0.4, -0.2) is 45.2 Å². The van der Waals surface area contributed by atoms with Crippen molar-refractivity contribution in [2.24, 2.45) is 5.92 Å². The molecule has 2 saturated heterocycles. The van der Waals surface area contributed by atoms with Gasteiger partial charge < -0.3 is 14.2 Å². The van der Waals surface area contributed by atoms with Crippen LogP contribution >= 0.6 is 0 Å². The maximum Gasteiger partial charge on any atom is 0.246 e. The highest BCUT2D eigenvalue weighted by molar-refractivity contribution is 5.97. The molecule has 2 aliphatic heterocycles. The molecule has 2 amide bonds. The number of aromatic nitrogens is 1. The number of rotatable bonds is 3. The Morgan fingerprint density at radius 1 is 1.38 bits per heavy atom. The number of hydrogen-bond acceptors (Lipinski definition) is 4. The molecule has 2 fully saturated rings. The van der Waals surface area contributed by atoms with Gasteiger partial charge in [0.2, 0.25) is 17.7 Å². The SMILES string of the molecule is Cc1cnc(CN2C(=O)C3CCCN3C(=O)C2C(C)C)o1. The molecule has 2 aliphatic rings.